The van der Waals surface area contributed by atoms with Crippen LogP contribution in [0, 0.1) is 0 Å². The lowest BCUT2D eigenvalue weighted by Gasteiger charge is -2.37. The van der Waals surface area contributed by atoms with Gasteiger partial charge in [-0.15, -0.1) is 0 Å². The molecular formula is C15H22ClN3. The van der Waals surface area contributed by atoms with Crippen molar-refractivity contribution in [1.82, 2.24) is 15.2 Å². The van der Waals surface area contributed by atoms with Crippen LogP contribution in [-0.2, 0) is 6.54 Å². The normalized spacial score (nSPS) is 29.9. The smallest absolute Gasteiger partial charge is 0.129 e. The summed E-state index contributed by atoms with van der Waals surface area (Å²) in [6, 6.07) is 6.20. The first-order chi connectivity index (χ1) is 9.24. The zero-order valence-corrected chi connectivity index (χ0v) is 12.2. The third-order valence-electron chi connectivity index (χ3n) is 4.55. The minimum absolute atomic E-state index is 0.576. The van der Waals surface area contributed by atoms with Crippen molar-refractivity contribution in [2.24, 2.45) is 0 Å². The van der Waals surface area contributed by atoms with Gasteiger partial charge in [-0.3, -0.25) is 4.90 Å². The minimum atomic E-state index is 0.576. The van der Waals surface area contributed by atoms with Crippen LogP contribution in [0.1, 0.15) is 38.2 Å². The molecule has 3 nitrogen and oxygen atoms in total. The Hall–Kier alpha value is -0.640. The van der Waals surface area contributed by atoms with Crippen LogP contribution in [-0.4, -0.2) is 34.6 Å². The molecule has 1 aromatic rings. The van der Waals surface area contributed by atoms with E-state index in [9.17, 15) is 0 Å². The monoisotopic (exact) mass is 279 g/mol. The summed E-state index contributed by atoms with van der Waals surface area (Å²) in [4.78, 5) is 6.77. The first-order valence-corrected chi connectivity index (χ1v) is 7.73. The van der Waals surface area contributed by atoms with Crippen LogP contribution in [0.15, 0.2) is 18.3 Å². The maximum atomic E-state index is 5.84. The molecule has 0 spiro atoms. The van der Waals surface area contributed by atoms with Crippen LogP contribution >= 0.6 is 11.6 Å². The summed E-state index contributed by atoms with van der Waals surface area (Å²) in [6.45, 7) is 4.35. The predicted octanol–water partition coefficient (Wildman–Crippen LogP) is 2.84. The molecule has 0 radical (unpaired) electrons. The number of hydrogen-bond acceptors (Lipinski definition) is 3. The Morgan fingerprint density at radius 2 is 2.05 bits per heavy atom. The van der Waals surface area contributed by atoms with Gasteiger partial charge in [0.15, 0.2) is 0 Å². The van der Waals surface area contributed by atoms with Crippen molar-refractivity contribution in [3.63, 3.8) is 0 Å². The molecule has 104 valence electrons. The van der Waals surface area contributed by atoms with Crippen LogP contribution in [0.25, 0.3) is 0 Å². The van der Waals surface area contributed by atoms with Crippen molar-refractivity contribution < 1.29 is 0 Å². The van der Waals surface area contributed by atoms with Gasteiger partial charge >= 0.3 is 0 Å². The van der Waals surface area contributed by atoms with E-state index in [0.717, 1.165) is 31.2 Å². The molecular weight excluding hydrogens is 258 g/mol. The lowest BCUT2D eigenvalue weighted by atomic mass is 9.97. The van der Waals surface area contributed by atoms with Crippen molar-refractivity contribution in [3.05, 3.63) is 29.0 Å². The fraction of sp³-hybridized carbons (Fsp3) is 0.667. The predicted molar refractivity (Wildman–Crippen MR) is 78.3 cm³/mol. The van der Waals surface area contributed by atoms with E-state index in [0.29, 0.717) is 5.15 Å². The van der Waals surface area contributed by atoms with E-state index in [-0.39, 0.29) is 0 Å². The number of piperidine rings is 1. The molecule has 2 unspecified atom stereocenters. The van der Waals surface area contributed by atoms with Gasteiger partial charge in [-0.25, -0.2) is 4.98 Å². The molecule has 3 heterocycles. The maximum Gasteiger partial charge on any atom is 0.129 e. The van der Waals surface area contributed by atoms with Gasteiger partial charge in [0, 0.05) is 30.9 Å². The summed E-state index contributed by atoms with van der Waals surface area (Å²) in [6.07, 6.45) is 7.22. The minimum Gasteiger partial charge on any atom is -0.311 e. The molecule has 2 saturated heterocycles. The molecule has 2 aliphatic heterocycles. The Labute approximate surface area is 120 Å². The molecule has 0 aliphatic carbocycles. The van der Waals surface area contributed by atoms with Gasteiger partial charge in [0.25, 0.3) is 0 Å². The number of nitrogens with zero attached hydrogens (tertiary/aromatic N) is 2. The Kier molecular flexibility index (Phi) is 4.06. The molecule has 2 aliphatic rings. The molecule has 0 saturated carbocycles. The number of fused-ring (bicyclic) bond motifs is 2. The molecule has 1 aromatic heterocycles. The van der Waals surface area contributed by atoms with Gasteiger partial charge in [0.1, 0.15) is 5.15 Å². The number of rotatable bonds is 4. The third-order valence-corrected chi connectivity index (χ3v) is 4.77. The van der Waals surface area contributed by atoms with Crippen molar-refractivity contribution in [1.29, 1.82) is 0 Å². The standard InChI is InChI=1S/C15H22ClN3/c1-2-19(10-11-3-6-15(16)17-9-11)14-7-12-4-5-13(8-14)18-12/h3,6,9,12-14,18H,2,4-5,7-8,10H2,1H3. The highest BCUT2D eigenvalue weighted by atomic mass is 35.5. The fourth-order valence-corrected chi connectivity index (χ4v) is 3.67. The Balaban J connectivity index is 1.65. The van der Waals surface area contributed by atoms with Crippen molar-refractivity contribution >= 4 is 11.6 Å². The maximum absolute atomic E-state index is 5.84. The summed E-state index contributed by atoms with van der Waals surface area (Å²) in [7, 11) is 0. The highest BCUT2D eigenvalue weighted by Gasteiger charge is 2.35. The first kappa shape index (κ1) is 13.3. The van der Waals surface area contributed by atoms with Crippen LogP contribution in [0.3, 0.4) is 0 Å². The Morgan fingerprint density at radius 1 is 1.32 bits per heavy atom. The molecule has 2 atom stereocenters. The van der Waals surface area contributed by atoms with E-state index < -0.39 is 0 Å². The fourth-order valence-electron chi connectivity index (χ4n) is 3.56. The summed E-state index contributed by atoms with van der Waals surface area (Å²) in [5, 5.41) is 4.29. The van der Waals surface area contributed by atoms with Crippen molar-refractivity contribution in [2.75, 3.05) is 6.54 Å². The van der Waals surface area contributed by atoms with Gasteiger partial charge in [-0.2, -0.15) is 0 Å². The quantitative estimate of drug-likeness (QED) is 0.859. The van der Waals surface area contributed by atoms with Crippen LogP contribution in [0.5, 0.6) is 0 Å². The third kappa shape index (κ3) is 3.10. The number of nitrogens with one attached hydrogen (secondary N) is 1. The summed E-state index contributed by atoms with van der Waals surface area (Å²) in [5.41, 5.74) is 1.26. The van der Waals surface area contributed by atoms with Gasteiger partial charge in [0.05, 0.1) is 0 Å². The van der Waals surface area contributed by atoms with E-state index in [1.807, 2.05) is 12.3 Å². The van der Waals surface area contributed by atoms with Gasteiger partial charge in [0.2, 0.25) is 0 Å². The van der Waals surface area contributed by atoms with Crippen molar-refractivity contribution in [2.45, 2.75) is 57.3 Å². The zero-order chi connectivity index (χ0) is 13.2. The largest absolute Gasteiger partial charge is 0.311 e. The summed E-state index contributed by atoms with van der Waals surface area (Å²) >= 11 is 5.84. The summed E-state index contributed by atoms with van der Waals surface area (Å²) < 4.78 is 0. The van der Waals surface area contributed by atoms with Crippen LogP contribution < -0.4 is 5.32 Å². The number of pyridine rings is 1. The van der Waals surface area contributed by atoms with Crippen LogP contribution in [0.2, 0.25) is 5.15 Å². The molecule has 1 N–H and O–H groups in total. The topological polar surface area (TPSA) is 28.2 Å². The molecule has 19 heavy (non-hydrogen) atoms. The molecule has 4 heteroatoms. The molecule has 0 aromatic carbocycles. The molecule has 2 bridgehead atoms. The molecule has 2 fully saturated rings. The van der Waals surface area contributed by atoms with Gasteiger partial charge < -0.3 is 5.32 Å². The van der Waals surface area contributed by atoms with E-state index in [2.05, 4.69) is 28.2 Å². The van der Waals surface area contributed by atoms with Gasteiger partial charge in [-0.05, 0) is 43.9 Å². The van der Waals surface area contributed by atoms with E-state index in [4.69, 9.17) is 11.6 Å². The highest BCUT2D eigenvalue weighted by molar-refractivity contribution is 6.29. The molecule has 3 rings (SSSR count). The second-order valence-corrected chi connectivity index (χ2v) is 6.20. The molecule has 0 amide bonds. The highest BCUT2D eigenvalue weighted by Crippen LogP contribution is 2.30. The second-order valence-electron chi connectivity index (χ2n) is 5.82. The SMILES string of the molecule is CCN(Cc1ccc(Cl)nc1)C1CC2CCC(C1)N2. The lowest BCUT2D eigenvalue weighted by molar-refractivity contribution is 0.140. The number of hydrogen-bond donors (Lipinski definition) is 1. The Morgan fingerprint density at radius 3 is 2.63 bits per heavy atom. The second kappa shape index (κ2) is 5.78. The van der Waals surface area contributed by atoms with E-state index in [1.165, 1.54) is 31.2 Å². The lowest BCUT2D eigenvalue weighted by Crippen LogP contribution is -2.47. The average molecular weight is 280 g/mol. The number of aromatic nitrogens is 1. The average Bonchev–Trinajstić information content (AvgIpc) is 2.77. The van der Waals surface area contributed by atoms with Crippen molar-refractivity contribution in [3.8, 4) is 0 Å². The van der Waals surface area contributed by atoms with E-state index in [1.54, 1.807) is 0 Å². The zero-order valence-electron chi connectivity index (χ0n) is 11.5. The first-order valence-electron chi connectivity index (χ1n) is 7.35. The Bertz CT molecular complexity index is 408. The summed E-state index contributed by atoms with van der Waals surface area (Å²) in [5.74, 6) is 0. The number of halogens is 1. The van der Waals surface area contributed by atoms with Crippen LogP contribution in [0.4, 0.5) is 0 Å². The van der Waals surface area contributed by atoms with Gasteiger partial charge in [-0.1, -0.05) is 24.6 Å². The van der Waals surface area contributed by atoms with E-state index >= 15 is 0 Å².